The van der Waals surface area contributed by atoms with E-state index < -0.39 is 17.7 Å². The first kappa shape index (κ1) is 27.3. The predicted octanol–water partition coefficient (Wildman–Crippen LogP) is 4.35. The fourth-order valence-corrected chi connectivity index (χ4v) is 4.48. The van der Waals surface area contributed by atoms with Gasteiger partial charge in [-0.3, -0.25) is 9.59 Å². The highest BCUT2D eigenvalue weighted by Crippen LogP contribution is 2.43. The number of rotatable bonds is 11. The molecule has 0 radical (unpaired) electrons. The van der Waals surface area contributed by atoms with Crippen molar-refractivity contribution in [3.63, 3.8) is 0 Å². The first-order valence-corrected chi connectivity index (χ1v) is 12.9. The number of ether oxygens (including phenoxy) is 5. The van der Waals surface area contributed by atoms with Crippen LogP contribution in [0.3, 0.4) is 0 Å². The van der Waals surface area contributed by atoms with Gasteiger partial charge in [0, 0.05) is 19.2 Å². The van der Waals surface area contributed by atoms with Crippen molar-refractivity contribution in [3.05, 3.63) is 53.1 Å². The molecule has 0 aliphatic carbocycles. The molecule has 1 atom stereocenters. The van der Waals surface area contributed by atoms with E-state index in [0.29, 0.717) is 66.5 Å². The molecule has 0 bridgehead atoms. The number of hydrogen-bond acceptors (Lipinski definition) is 8. The average molecular weight is 526 g/mol. The van der Waals surface area contributed by atoms with Gasteiger partial charge in [-0.25, -0.2) is 0 Å². The van der Waals surface area contributed by atoms with Crippen LogP contribution >= 0.6 is 0 Å². The molecule has 0 saturated carbocycles. The van der Waals surface area contributed by atoms with Gasteiger partial charge in [-0.05, 0) is 55.2 Å². The molecule has 4 rings (SSSR count). The van der Waals surface area contributed by atoms with Crippen LogP contribution in [0.25, 0.3) is 5.76 Å². The number of ketones is 1. The summed E-state index contributed by atoms with van der Waals surface area (Å²) in [5, 5.41) is 11.4. The highest BCUT2D eigenvalue weighted by molar-refractivity contribution is 6.46. The summed E-state index contributed by atoms with van der Waals surface area (Å²) in [5.41, 5.74) is 0.945. The zero-order valence-corrected chi connectivity index (χ0v) is 22.3. The molecule has 1 fully saturated rings. The van der Waals surface area contributed by atoms with Crippen LogP contribution in [-0.4, -0.2) is 68.4 Å². The first-order valence-electron chi connectivity index (χ1n) is 12.9. The SMILES string of the molecule is CCOc1cc(C2/C(=C(/O)c3ccc4c(c3)OCCO4)C(=O)C(=O)N2CCOC)ccc1OCCC(C)C. The number of benzene rings is 2. The molecule has 38 heavy (non-hydrogen) atoms. The Morgan fingerprint density at radius 3 is 2.50 bits per heavy atom. The van der Waals surface area contributed by atoms with Crippen molar-refractivity contribution in [2.75, 3.05) is 46.7 Å². The quantitative estimate of drug-likeness (QED) is 0.262. The van der Waals surface area contributed by atoms with Gasteiger partial charge in [-0.1, -0.05) is 19.9 Å². The van der Waals surface area contributed by atoms with Gasteiger partial charge in [0.05, 0.1) is 31.4 Å². The fraction of sp³-hybridized carbons (Fsp3) is 0.448. The Morgan fingerprint density at radius 2 is 1.79 bits per heavy atom. The lowest BCUT2D eigenvalue weighted by Gasteiger charge is -2.26. The summed E-state index contributed by atoms with van der Waals surface area (Å²) in [6.45, 7) is 8.27. The summed E-state index contributed by atoms with van der Waals surface area (Å²) in [6.07, 6.45) is 0.889. The van der Waals surface area contributed by atoms with Crippen LogP contribution in [0.4, 0.5) is 0 Å². The lowest BCUT2D eigenvalue weighted by atomic mass is 9.94. The molecule has 0 aromatic heterocycles. The van der Waals surface area contributed by atoms with E-state index >= 15 is 0 Å². The number of methoxy groups -OCH3 is 1. The van der Waals surface area contributed by atoms with Crippen LogP contribution in [0.2, 0.25) is 0 Å². The third-order valence-corrected chi connectivity index (χ3v) is 6.43. The van der Waals surface area contributed by atoms with Crippen molar-refractivity contribution in [1.82, 2.24) is 4.90 Å². The van der Waals surface area contributed by atoms with Gasteiger partial charge in [-0.15, -0.1) is 0 Å². The summed E-state index contributed by atoms with van der Waals surface area (Å²) in [7, 11) is 1.53. The molecule has 0 spiro atoms. The van der Waals surface area contributed by atoms with Gasteiger partial charge in [0.15, 0.2) is 23.0 Å². The van der Waals surface area contributed by atoms with Crippen molar-refractivity contribution in [2.24, 2.45) is 5.92 Å². The Balaban J connectivity index is 1.78. The van der Waals surface area contributed by atoms with E-state index in [-0.39, 0.29) is 24.5 Å². The summed E-state index contributed by atoms with van der Waals surface area (Å²) in [4.78, 5) is 27.8. The van der Waals surface area contributed by atoms with Crippen molar-refractivity contribution < 1.29 is 38.4 Å². The van der Waals surface area contributed by atoms with Crippen molar-refractivity contribution >= 4 is 17.4 Å². The second-order valence-corrected chi connectivity index (χ2v) is 9.51. The van der Waals surface area contributed by atoms with E-state index in [1.165, 1.54) is 12.0 Å². The standard InChI is InChI=1S/C29H35NO8/c1-5-35-23-16-19(6-8-21(23)36-12-10-18(2)3)26-25(28(32)29(33)30(26)11-13-34-4)27(31)20-7-9-22-24(17-20)38-15-14-37-22/h6-9,16-18,26,31H,5,10-15H2,1-4H3/b27-25-. The van der Waals surface area contributed by atoms with Gasteiger partial charge in [0.25, 0.3) is 11.7 Å². The largest absolute Gasteiger partial charge is 0.507 e. The Hall–Kier alpha value is -3.72. The third-order valence-electron chi connectivity index (χ3n) is 6.43. The molecule has 2 aliphatic heterocycles. The predicted molar refractivity (Wildman–Crippen MR) is 141 cm³/mol. The Bertz CT molecular complexity index is 1210. The van der Waals surface area contributed by atoms with Gasteiger partial charge in [-0.2, -0.15) is 0 Å². The monoisotopic (exact) mass is 525 g/mol. The number of fused-ring (bicyclic) bond motifs is 1. The summed E-state index contributed by atoms with van der Waals surface area (Å²) in [5.74, 6) is 0.829. The molecule has 204 valence electrons. The molecule has 9 nitrogen and oxygen atoms in total. The number of likely N-dealkylation sites (tertiary alicyclic amines) is 1. The van der Waals surface area contributed by atoms with Crippen molar-refractivity contribution in [1.29, 1.82) is 0 Å². The summed E-state index contributed by atoms with van der Waals surface area (Å²) >= 11 is 0. The number of hydrogen-bond donors (Lipinski definition) is 1. The van der Waals surface area contributed by atoms with Crippen LogP contribution in [0.5, 0.6) is 23.0 Å². The van der Waals surface area contributed by atoms with E-state index in [2.05, 4.69) is 13.8 Å². The second kappa shape index (κ2) is 12.2. The number of carbonyl (C=O) groups is 2. The number of carbonyl (C=O) groups excluding carboxylic acids is 2. The molecule has 1 N–H and O–H groups in total. The molecule has 2 heterocycles. The Morgan fingerprint density at radius 1 is 1.03 bits per heavy atom. The molecule has 1 saturated heterocycles. The molecule has 9 heteroatoms. The van der Waals surface area contributed by atoms with Crippen molar-refractivity contribution in [3.8, 4) is 23.0 Å². The molecular formula is C29H35NO8. The highest BCUT2D eigenvalue weighted by atomic mass is 16.6. The molecule has 2 aromatic rings. The van der Waals surface area contributed by atoms with E-state index in [1.807, 2.05) is 6.92 Å². The zero-order chi connectivity index (χ0) is 27.2. The van der Waals surface area contributed by atoms with Gasteiger partial charge < -0.3 is 33.7 Å². The van der Waals surface area contributed by atoms with Gasteiger partial charge in [0.1, 0.15) is 19.0 Å². The molecule has 2 aliphatic rings. The van der Waals surface area contributed by atoms with Crippen LogP contribution < -0.4 is 18.9 Å². The minimum absolute atomic E-state index is 0.0151. The molecule has 2 aromatic carbocycles. The number of aliphatic hydroxyl groups is 1. The number of amides is 1. The van der Waals surface area contributed by atoms with Crippen LogP contribution in [0.15, 0.2) is 42.0 Å². The van der Waals surface area contributed by atoms with E-state index in [9.17, 15) is 14.7 Å². The molecule has 1 amide bonds. The van der Waals surface area contributed by atoms with Gasteiger partial charge >= 0.3 is 0 Å². The average Bonchev–Trinajstić information content (AvgIpc) is 3.16. The highest BCUT2D eigenvalue weighted by Gasteiger charge is 2.46. The molecule has 1 unspecified atom stereocenters. The maximum Gasteiger partial charge on any atom is 0.295 e. The minimum Gasteiger partial charge on any atom is -0.507 e. The molecular weight excluding hydrogens is 490 g/mol. The van der Waals surface area contributed by atoms with E-state index in [0.717, 1.165) is 6.42 Å². The zero-order valence-electron chi connectivity index (χ0n) is 22.3. The number of nitrogens with zero attached hydrogens (tertiary/aromatic N) is 1. The second-order valence-electron chi connectivity index (χ2n) is 9.51. The fourth-order valence-electron chi connectivity index (χ4n) is 4.48. The normalized spacial score (nSPS) is 18.2. The maximum atomic E-state index is 13.3. The first-order chi connectivity index (χ1) is 18.3. The van der Waals surface area contributed by atoms with Crippen LogP contribution in [0.1, 0.15) is 44.4 Å². The lowest BCUT2D eigenvalue weighted by Crippen LogP contribution is -2.32. The Kier molecular flexibility index (Phi) is 8.78. The van der Waals surface area contributed by atoms with Gasteiger partial charge in [0.2, 0.25) is 0 Å². The summed E-state index contributed by atoms with van der Waals surface area (Å²) in [6, 6.07) is 9.42. The third kappa shape index (κ3) is 5.72. The Labute approximate surface area is 222 Å². The van der Waals surface area contributed by atoms with Crippen LogP contribution in [0, 0.1) is 5.92 Å². The maximum absolute atomic E-state index is 13.3. The van der Waals surface area contributed by atoms with Crippen LogP contribution in [-0.2, 0) is 14.3 Å². The minimum atomic E-state index is -0.845. The van der Waals surface area contributed by atoms with Crippen molar-refractivity contribution in [2.45, 2.75) is 33.2 Å². The van der Waals surface area contributed by atoms with E-state index in [1.54, 1.807) is 36.4 Å². The topological polar surface area (TPSA) is 104 Å². The number of Topliss-reactive ketones (excluding diaryl/α,β-unsaturated/α-hetero) is 1. The number of aliphatic hydroxyl groups excluding tert-OH is 1. The lowest BCUT2D eigenvalue weighted by molar-refractivity contribution is -0.140. The van der Waals surface area contributed by atoms with E-state index in [4.69, 9.17) is 23.7 Å². The smallest absolute Gasteiger partial charge is 0.295 e. The summed E-state index contributed by atoms with van der Waals surface area (Å²) < 4.78 is 28.2.